The van der Waals surface area contributed by atoms with Crippen molar-refractivity contribution in [1.82, 2.24) is 0 Å². The maximum atomic E-state index is 12.9. The number of carbonyl (C=O) groups excluding carboxylic acids is 1. The van der Waals surface area contributed by atoms with Crippen LogP contribution in [0.15, 0.2) is 18.2 Å². The number of fused-ring (bicyclic) bond motifs is 1. The number of amides is 1. The Morgan fingerprint density at radius 1 is 1.39 bits per heavy atom. The maximum Gasteiger partial charge on any atom is 0.416 e. The molecule has 2 aliphatic rings. The molecule has 0 aromatic heterocycles. The van der Waals surface area contributed by atoms with E-state index >= 15 is 0 Å². The van der Waals surface area contributed by atoms with Gasteiger partial charge in [0.25, 0.3) is 0 Å². The third-order valence-corrected chi connectivity index (χ3v) is 4.47. The summed E-state index contributed by atoms with van der Waals surface area (Å²) in [6, 6.07) is 2.77. The van der Waals surface area contributed by atoms with Gasteiger partial charge >= 0.3 is 12.3 Å². The zero-order valence-electron chi connectivity index (χ0n) is 12.8. The van der Waals surface area contributed by atoms with E-state index in [0.29, 0.717) is 23.6 Å². The lowest BCUT2D eigenvalue weighted by atomic mass is 9.88. The van der Waals surface area contributed by atoms with E-state index in [-0.39, 0.29) is 12.6 Å². The van der Waals surface area contributed by atoms with Crippen molar-refractivity contribution in [2.24, 2.45) is 11.7 Å². The first kappa shape index (κ1) is 16.1. The topological polar surface area (TPSA) is 55.6 Å². The number of ether oxygens (including phenoxy) is 1. The van der Waals surface area contributed by atoms with Gasteiger partial charge in [-0.2, -0.15) is 13.2 Å². The zero-order valence-corrected chi connectivity index (χ0v) is 12.8. The fourth-order valence-electron chi connectivity index (χ4n) is 3.23. The Bertz CT molecular complexity index is 614. The Balaban J connectivity index is 2.03. The van der Waals surface area contributed by atoms with E-state index in [2.05, 4.69) is 0 Å². The Morgan fingerprint density at radius 2 is 2.09 bits per heavy atom. The highest BCUT2D eigenvalue weighted by Gasteiger charge is 2.44. The number of benzene rings is 1. The Morgan fingerprint density at radius 3 is 2.65 bits per heavy atom. The van der Waals surface area contributed by atoms with Crippen molar-refractivity contribution in [2.75, 3.05) is 11.5 Å². The lowest BCUT2D eigenvalue weighted by molar-refractivity contribution is -0.137. The number of hydrogen-bond donors (Lipinski definition) is 1. The fourth-order valence-corrected chi connectivity index (χ4v) is 3.23. The smallest absolute Gasteiger partial charge is 0.416 e. The second-order valence-corrected chi connectivity index (χ2v) is 6.09. The largest absolute Gasteiger partial charge is 0.449 e. The summed E-state index contributed by atoms with van der Waals surface area (Å²) >= 11 is 0. The fraction of sp³-hybridized carbons (Fsp3) is 0.562. The highest BCUT2D eigenvalue weighted by molar-refractivity contribution is 5.90. The molecule has 1 saturated carbocycles. The van der Waals surface area contributed by atoms with Crippen LogP contribution in [0.25, 0.3) is 0 Å². The van der Waals surface area contributed by atoms with E-state index < -0.39 is 23.9 Å². The molecule has 0 bridgehead atoms. The van der Waals surface area contributed by atoms with Crippen LogP contribution in [-0.4, -0.2) is 18.7 Å². The van der Waals surface area contributed by atoms with E-state index in [1.54, 1.807) is 6.92 Å². The first-order valence-electron chi connectivity index (χ1n) is 7.75. The lowest BCUT2D eigenvalue weighted by Gasteiger charge is -2.39. The maximum absolute atomic E-state index is 12.9. The average molecular weight is 328 g/mol. The molecule has 4 nitrogen and oxygen atoms in total. The molecule has 126 valence electrons. The van der Waals surface area contributed by atoms with Gasteiger partial charge in [0.05, 0.1) is 17.9 Å². The minimum absolute atomic E-state index is 0.103. The third kappa shape index (κ3) is 3.02. The number of carbonyl (C=O) groups is 1. The molecule has 2 unspecified atom stereocenters. The molecule has 1 aliphatic heterocycles. The number of rotatable bonds is 2. The summed E-state index contributed by atoms with van der Waals surface area (Å²) in [4.78, 5) is 13.8. The molecule has 2 N–H and O–H groups in total. The summed E-state index contributed by atoms with van der Waals surface area (Å²) in [6.07, 6.45) is -2.49. The molecule has 1 aromatic rings. The molecule has 0 spiro atoms. The van der Waals surface area contributed by atoms with Crippen molar-refractivity contribution >= 4 is 11.8 Å². The molecule has 1 aliphatic carbocycles. The lowest BCUT2D eigenvalue weighted by Crippen LogP contribution is -2.47. The molecule has 2 atom stereocenters. The van der Waals surface area contributed by atoms with Gasteiger partial charge in [-0.3, -0.25) is 4.90 Å². The predicted octanol–water partition coefficient (Wildman–Crippen LogP) is 3.85. The van der Waals surface area contributed by atoms with Crippen molar-refractivity contribution in [1.29, 1.82) is 0 Å². The van der Waals surface area contributed by atoms with Crippen LogP contribution in [0.1, 0.15) is 43.4 Å². The Kier molecular flexibility index (Phi) is 4.00. The van der Waals surface area contributed by atoms with Crippen LogP contribution >= 0.6 is 0 Å². The summed E-state index contributed by atoms with van der Waals surface area (Å²) < 4.78 is 43.9. The van der Waals surface area contributed by atoms with Gasteiger partial charge in [-0.05, 0) is 55.9 Å². The van der Waals surface area contributed by atoms with E-state index in [9.17, 15) is 18.0 Å². The number of halogens is 3. The van der Waals surface area contributed by atoms with Crippen LogP contribution in [0, 0.1) is 5.92 Å². The van der Waals surface area contributed by atoms with Gasteiger partial charge in [0, 0.05) is 12.1 Å². The average Bonchev–Trinajstić information content (AvgIpc) is 3.30. The van der Waals surface area contributed by atoms with E-state index in [1.807, 2.05) is 0 Å². The van der Waals surface area contributed by atoms with Gasteiger partial charge in [0.2, 0.25) is 0 Å². The summed E-state index contributed by atoms with van der Waals surface area (Å²) in [7, 11) is 0. The number of nitrogens with two attached hydrogens (primary N) is 1. The van der Waals surface area contributed by atoms with Crippen molar-refractivity contribution in [3.63, 3.8) is 0 Å². The van der Waals surface area contributed by atoms with Crippen molar-refractivity contribution in [3.8, 4) is 0 Å². The number of hydrogen-bond acceptors (Lipinski definition) is 3. The van der Waals surface area contributed by atoms with Crippen LogP contribution in [0.2, 0.25) is 0 Å². The van der Waals surface area contributed by atoms with E-state index in [4.69, 9.17) is 10.5 Å². The zero-order chi connectivity index (χ0) is 16.8. The second-order valence-electron chi connectivity index (χ2n) is 6.09. The van der Waals surface area contributed by atoms with E-state index in [1.165, 1.54) is 11.0 Å². The second kappa shape index (κ2) is 5.70. The quantitative estimate of drug-likeness (QED) is 0.897. The first-order valence-corrected chi connectivity index (χ1v) is 7.75. The van der Waals surface area contributed by atoms with Crippen molar-refractivity contribution in [3.05, 3.63) is 29.3 Å². The van der Waals surface area contributed by atoms with Crippen LogP contribution < -0.4 is 10.6 Å². The first-order chi connectivity index (χ1) is 10.8. The summed E-state index contributed by atoms with van der Waals surface area (Å²) in [5.74, 6) is 0.348. The molecule has 3 rings (SSSR count). The highest BCUT2D eigenvalue weighted by Crippen LogP contribution is 2.47. The van der Waals surface area contributed by atoms with Crippen LogP contribution in [0.5, 0.6) is 0 Å². The van der Waals surface area contributed by atoms with Gasteiger partial charge in [0.1, 0.15) is 0 Å². The SMILES string of the molecule is CCOC(=O)N1c2ccc(C(F)(F)F)cc2C(N)CC1C1CC1. The monoisotopic (exact) mass is 328 g/mol. The van der Waals surface area contributed by atoms with Gasteiger partial charge < -0.3 is 10.5 Å². The third-order valence-electron chi connectivity index (χ3n) is 4.47. The minimum atomic E-state index is -4.43. The normalized spacial score (nSPS) is 24.3. The van der Waals surface area contributed by atoms with Gasteiger partial charge in [-0.1, -0.05) is 0 Å². The van der Waals surface area contributed by atoms with Gasteiger partial charge in [-0.15, -0.1) is 0 Å². The molecule has 1 aromatic carbocycles. The number of anilines is 1. The predicted molar refractivity (Wildman–Crippen MR) is 79.0 cm³/mol. The van der Waals surface area contributed by atoms with Crippen LogP contribution in [-0.2, 0) is 10.9 Å². The van der Waals surface area contributed by atoms with Gasteiger partial charge in [-0.25, -0.2) is 4.79 Å². The highest BCUT2D eigenvalue weighted by atomic mass is 19.4. The Labute approximate surface area is 132 Å². The molecule has 1 fully saturated rings. The summed E-state index contributed by atoms with van der Waals surface area (Å²) in [5, 5.41) is 0. The number of nitrogens with zero attached hydrogens (tertiary/aromatic N) is 1. The minimum Gasteiger partial charge on any atom is -0.449 e. The Hall–Kier alpha value is -1.76. The summed E-state index contributed by atoms with van der Waals surface area (Å²) in [5.41, 5.74) is 6.14. The number of alkyl halides is 3. The molecular weight excluding hydrogens is 309 g/mol. The van der Waals surface area contributed by atoms with Crippen LogP contribution in [0.3, 0.4) is 0 Å². The standard InChI is InChI=1S/C16H19F3N2O2/c1-2-23-15(22)21-13-6-5-10(16(17,18)19)7-11(13)12(20)8-14(21)9-3-4-9/h5-7,9,12,14H,2-4,8,20H2,1H3. The molecule has 1 amide bonds. The molecule has 0 radical (unpaired) electrons. The van der Waals surface area contributed by atoms with Crippen molar-refractivity contribution < 1.29 is 22.7 Å². The van der Waals surface area contributed by atoms with Crippen LogP contribution in [0.4, 0.5) is 23.7 Å². The molecule has 23 heavy (non-hydrogen) atoms. The molecule has 7 heteroatoms. The molecular formula is C16H19F3N2O2. The molecule has 1 heterocycles. The van der Waals surface area contributed by atoms with E-state index in [0.717, 1.165) is 25.0 Å². The summed E-state index contributed by atoms with van der Waals surface area (Å²) in [6.45, 7) is 1.92. The van der Waals surface area contributed by atoms with Gasteiger partial charge in [0.15, 0.2) is 0 Å². The molecule has 0 saturated heterocycles. The van der Waals surface area contributed by atoms with Crippen molar-refractivity contribution in [2.45, 2.75) is 44.4 Å².